The first-order valence-electron chi connectivity index (χ1n) is 7.45. The van der Waals surface area contributed by atoms with E-state index < -0.39 is 5.60 Å². The highest BCUT2D eigenvalue weighted by atomic mass is 16.3. The Morgan fingerprint density at radius 3 is 2.53 bits per heavy atom. The molecule has 0 saturated heterocycles. The molecule has 2 aliphatic rings. The maximum Gasteiger partial charge on any atom is 0.0862 e. The second-order valence-electron chi connectivity index (χ2n) is 6.76. The van der Waals surface area contributed by atoms with Crippen molar-refractivity contribution in [3.63, 3.8) is 0 Å². The Morgan fingerprint density at radius 2 is 1.79 bits per heavy atom. The molecule has 0 radical (unpaired) electrons. The van der Waals surface area contributed by atoms with E-state index in [9.17, 15) is 5.11 Å². The molecule has 0 aliphatic heterocycles. The van der Waals surface area contributed by atoms with Crippen molar-refractivity contribution in [3.8, 4) is 0 Å². The Balaban J connectivity index is 2.13. The van der Waals surface area contributed by atoms with Gasteiger partial charge in [0.1, 0.15) is 0 Å². The highest BCUT2D eigenvalue weighted by molar-refractivity contribution is 5.63. The standard InChI is InChI=1S/C18H24O/c1-11-12(2)16-9-14-7-5-6-8-15(14)10-17(16)18(4,19)13(11)3/h5-8,10-13,16,19H,9H2,1-4H3. The lowest BCUT2D eigenvalue weighted by Crippen LogP contribution is -2.50. The van der Waals surface area contributed by atoms with Gasteiger partial charge in [-0.1, -0.05) is 51.1 Å². The molecule has 1 aromatic rings. The van der Waals surface area contributed by atoms with Crippen molar-refractivity contribution in [2.24, 2.45) is 23.7 Å². The molecule has 5 atom stereocenters. The summed E-state index contributed by atoms with van der Waals surface area (Å²) in [5.74, 6) is 2.00. The maximum atomic E-state index is 11.0. The maximum absolute atomic E-state index is 11.0. The van der Waals surface area contributed by atoms with Crippen LogP contribution in [0.25, 0.3) is 6.08 Å². The number of hydrogen-bond donors (Lipinski definition) is 1. The number of aliphatic hydroxyl groups is 1. The molecule has 1 saturated carbocycles. The minimum atomic E-state index is -0.663. The van der Waals surface area contributed by atoms with E-state index in [1.165, 1.54) is 16.7 Å². The van der Waals surface area contributed by atoms with Gasteiger partial charge in [-0.05, 0) is 53.7 Å². The van der Waals surface area contributed by atoms with Crippen LogP contribution < -0.4 is 0 Å². The van der Waals surface area contributed by atoms with Crippen molar-refractivity contribution in [1.29, 1.82) is 0 Å². The van der Waals surface area contributed by atoms with Gasteiger partial charge in [-0.2, -0.15) is 0 Å². The van der Waals surface area contributed by atoms with Crippen LogP contribution in [0.1, 0.15) is 38.8 Å². The van der Waals surface area contributed by atoms with Gasteiger partial charge < -0.3 is 5.11 Å². The van der Waals surface area contributed by atoms with Crippen LogP contribution >= 0.6 is 0 Å². The molecule has 5 unspecified atom stereocenters. The van der Waals surface area contributed by atoms with Gasteiger partial charge in [0.15, 0.2) is 0 Å². The Kier molecular flexibility index (Phi) is 2.86. The zero-order valence-corrected chi connectivity index (χ0v) is 12.4. The van der Waals surface area contributed by atoms with Crippen LogP contribution in [0.4, 0.5) is 0 Å². The molecule has 0 aromatic heterocycles. The van der Waals surface area contributed by atoms with Crippen LogP contribution in [0.5, 0.6) is 0 Å². The molecular weight excluding hydrogens is 232 g/mol. The summed E-state index contributed by atoms with van der Waals surface area (Å²) in [5.41, 5.74) is 3.32. The summed E-state index contributed by atoms with van der Waals surface area (Å²) in [6, 6.07) is 8.60. The predicted molar refractivity (Wildman–Crippen MR) is 79.7 cm³/mol. The molecule has 1 fully saturated rings. The lowest BCUT2D eigenvalue weighted by molar-refractivity contribution is -0.0387. The normalized spacial score (nSPS) is 41.2. The average molecular weight is 256 g/mol. The first kappa shape index (κ1) is 12.9. The zero-order valence-electron chi connectivity index (χ0n) is 12.4. The van der Waals surface area contributed by atoms with Crippen LogP contribution in [0.2, 0.25) is 0 Å². The second kappa shape index (κ2) is 4.21. The smallest absolute Gasteiger partial charge is 0.0862 e. The summed E-state index contributed by atoms with van der Waals surface area (Å²) in [6.07, 6.45) is 3.33. The molecule has 1 aromatic carbocycles. The van der Waals surface area contributed by atoms with Gasteiger partial charge in [-0.25, -0.2) is 0 Å². The summed E-state index contributed by atoms with van der Waals surface area (Å²) in [7, 11) is 0. The molecule has 0 spiro atoms. The van der Waals surface area contributed by atoms with Crippen LogP contribution in [0.15, 0.2) is 29.8 Å². The monoisotopic (exact) mass is 256 g/mol. The van der Waals surface area contributed by atoms with Gasteiger partial charge in [0.05, 0.1) is 5.60 Å². The molecule has 102 valence electrons. The third-order valence-electron chi connectivity index (χ3n) is 5.93. The van der Waals surface area contributed by atoms with E-state index in [-0.39, 0.29) is 0 Å². The first-order chi connectivity index (χ1) is 8.93. The van der Waals surface area contributed by atoms with Crippen molar-refractivity contribution in [2.45, 2.75) is 39.7 Å². The molecule has 19 heavy (non-hydrogen) atoms. The van der Waals surface area contributed by atoms with Gasteiger partial charge in [0.25, 0.3) is 0 Å². The zero-order chi connectivity index (χ0) is 13.8. The van der Waals surface area contributed by atoms with Crippen molar-refractivity contribution in [3.05, 3.63) is 41.0 Å². The Morgan fingerprint density at radius 1 is 1.11 bits per heavy atom. The molecule has 1 heteroatoms. The lowest BCUT2D eigenvalue weighted by atomic mass is 9.56. The van der Waals surface area contributed by atoms with E-state index in [2.05, 4.69) is 51.1 Å². The van der Waals surface area contributed by atoms with Crippen molar-refractivity contribution in [1.82, 2.24) is 0 Å². The molecule has 0 amide bonds. The van der Waals surface area contributed by atoms with E-state index in [1.54, 1.807) is 0 Å². The van der Waals surface area contributed by atoms with Crippen molar-refractivity contribution >= 4 is 6.08 Å². The fraction of sp³-hybridized carbons (Fsp3) is 0.556. The summed E-state index contributed by atoms with van der Waals surface area (Å²) in [6.45, 7) is 8.84. The molecule has 0 heterocycles. The molecule has 0 bridgehead atoms. The summed E-state index contributed by atoms with van der Waals surface area (Å²) in [4.78, 5) is 0. The van der Waals surface area contributed by atoms with Crippen molar-refractivity contribution < 1.29 is 5.11 Å². The van der Waals surface area contributed by atoms with Gasteiger partial charge >= 0.3 is 0 Å². The second-order valence-corrected chi connectivity index (χ2v) is 6.76. The van der Waals surface area contributed by atoms with E-state index in [1.807, 2.05) is 6.92 Å². The van der Waals surface area contributed by atoms with Gasteiger partial charge in [-0.3, -0.25) is 0 Å². The lowest BCUT2D eigenvalue weighted by Gasteiger charge is -2.51. The third kappa shape index (κ3) is 1.79. The minimum absolute atomic E-state index is 0.315. The largest absolute Gasteiger partial charge is 0.385 e. The van der Waals surface area contributed by atoms with Crippen LogP contribution in [0.3, 0.4) is 0 Å². The molecule has 1 nitrogen and oxygen atoms in total. The van der Waals surface area contributed by atoms with Crippen LogP contribution in [0, 0.1) is 23.7 Å². The highest BCUT2D eigenvalue weighted by Gasteiger charge is 2.48. The average Bonchev–Trinajstić information content (AvgIpc) is 2.42. The minimum Gasteiger partial charge on any atom is -0.385 e. The van der Waals surface area contributed by atoms with E-state index in [4.69, 9.17) is 0 Å². The topological polar surface area (TPSA) is 20.2 Å². The van der Waals surface area contributed by atoms with Crippen LogP contribution in [-0.2, 0) is 6.42 Å². The van der Waals surface area contributed by atoms with Gasteiger partial charge in [0.2, 0.25) is 0 Å². The quantitative estimate of drug-likeness (QED) is 0.746. The van der Waals surface area contributed by atoms with Crippen LogP contribution in [-0.4, -0.2) is 10.7 Å². The van der Waals surface area contributed by atoms with Gasteiger partial charge in [-0.15, -0.1) is 0 Å². The molecule has 3 rings (SSSR count). The number of hydrogen-bond acceptors (Lipinski definition) is 1. The fourth-order valence-corrected chi connectivity index (χ4v) is 4.07. The number of fused-ring (bicyclic) bond motifs is 2. The molecular formula is C18H24O. The number of rotatable bonds is 0. The van der Waals surface area contributed by atoms with Crippen molar-refractivity contribution in [2.75, 3.05) is 0 Å². The number of benzene rings is 1. The van der Waals surface area contributed by atoms with E-state index in [0.29, 0.717) is 23.7 Å². The Labute approximate surface area is 116 Å². The fourth-order valence-electron chi connectivity index (χ4n) is 4.07. The summed E-state index contributed by atoms with van der Waals surface area (Å²) >= 11 is 0. The first-order valence-corrected chi connectivity index (χ1v) is 7.45. The third-order valence-corrected chi connectivity index (χ3v) is 5.93. The summed E-state index contributed by atoms with van der Waals surface area (Å²) < 4.78 is 0. The highest BCUT2D eigenvalue weighted by Crippen LogP contribution is 2.51. The summed E-state index contributed by atoms with van der Waals surface area (Å²) in [5, 5.41) is 11.0. The van der Waals surface area contributed by atoms with Gasteiger partial charge in [0, 0.05) is 0 Å². The SMILES string of the molecule is CC1C2Cc3ccccc3C=C2C(C)(O)C(C)C1C. The Bertz CT molecular complexity index is 526. The Hall–Kier alpha value is -1.08. The molecule has 1 N–H and O–H groups in total. The predicted octanol–water partition coefficient (Wildman–Crippen LogP) is 3.92. The van der Waals surface area contributed by atoms with E-state index in [0.717, 1.165) is 6.42 Å². The van der Waals surface area contributed by atoms with E-state index >= 15 is 0 Å². The molecule has 2 aliphatic carbocycles.